The number of morpholine rings is 1. The number of benzene rings is 2. The van der Waals surface area contributed by atoms with Crippen molar-refractivity contribution in [3.05, 3.63) is 87.6 Å². The van der Waals surface area contributed by atoms with Gasteiger partial charge in [-0.25, -0.2) is 17.2 Å². The Hall–Kier alpha value is -2.66. The van der Waals surface area contributed by atoms with E-state index in [9.17, 15) is 22.0 Å². The van der Waals surface area contributed by atoms with Crippen LogP contribution in [0.25, 0.3) is 0 Å². The first-order valence-corrected chi connectivity index (χ1v) is 12.2. The van der Waals surface area contributed by atoms with E-state index in [0.717, 1.165) is 23.1 Å². The molecular formula is C22H20F2N2O4S2. The van der Waals surface area contributed by atoms with Crippen molar-refractivity contribution < 1.29 is 26.7 Å². The highest BCUT2D eigenvalue weighted by molar-refractivity contribution is 7.89. The standard InChI is InChI=1S/C22H20F2N2O4S2/c23-16-5-3-15(4-6-16)21(20-2-1-13-31-20)25-22(27)18-14-17(7-8-19(18)24)32(28,29)26-9-11-30-12-10-26/h1-8,13-14,21H,9-12H2,(H,25,27). The van der Waals surface area contributed by atoms with Crippen LogP contribution in [0.5, 0.6) is 0 Å². The molecule has 2 aromatic carbocycles. The van der Waals surface area contributed by atoms with Crippen LogP contribution in [0.4, 0.5) is 8.78 Å². The van der Waals surface area contributed by atoms with Crippen LogP contribution in [0, 0.1) is 11.6 Å². The Morgan fingerprint density at radius 2 is 1.78 bits per heavy atom. The highest BCUT2D eigenvalue weighted by atomic mass is 32.2. The molecule has 1 aliphatic rings. The summed E-state index contributed by atoms with van der Waals surface area (Å²) in [6.07, 6.45) is 0. The molecule has 2 heterocycles. The van der Waals surface area contributed by atoms with Crippen LogP contribution >= 0.6 is 11.3 Å². The number of amides is 1. The fraction of sp³-hybridized carbons (Fsp3) is 0.227. The quantitative estimate of drug-likeness (QED) is 0.588. The van der Waals surface area contributed by atoms with Crippen LogP contribution in [0.15, 0.2) is 64.9 Å². The molecule has 3 aromatic rings. The summed E-state index contributed by atoms with van der Waals surface area (Å²) in [5.41, 5.74) is 0.225. The van der Waals surface area contributed by atoms with E-state index in [1.165, 1.54) is 39.9 Å². The summed E-state index contributed by atoms with van der Waals surface area (Å²) in [5, 5.41) is 4.58. The van der Waals surface area contributed by atoms with Crippen LogP contribution in [0.1, 0.15) is 26.8 Å². The summed E-state index contributed by atoms with van der Waals surface area (Å²) < 4.78 is 60.2. The van der Waals surface area contributed by atoms with E-state index in [1.54, 1.807) is 12.1 Å². The van der Waals surface area contributed by atoms with Crippen LogP contribution < -0.4 is 5.32 Å². The Kier molecular flexibility index (Phi) is 6.66. The van der Waals surface area contributed by atoms with Crippen molar-refractivity contribution in [2.45, 2.75) is 10.9 Å². The average molecular weight is 479 g/mol. The topological polar surface area (TPSA) is 75.7 Å². The van der Waals surface area contributed by atoms with Gasteiger partial charge in [-0.3, -0.25) is 4.79 Å². The smallest absolute Gasteiger partial charge is 0.255 e. The molecule has 0 spiro atoms. The molecule has 1 aromatic heterocycles. The molecule has 0 aliphatic carbocycles. The van der Waals surface area contributed by atoms with Crippen molar-refractivity contribution in [1.29, 1.82) is 0 Å². The number of nitrogens with one attached hydrogen (secondary N) is 1. The molecule has 0 bridgehead atoms. The molecule has 1 atom stereocenters. The van der Waals surface area contributed by atoms with E-state index in [-0.39, 0.29) is 36.8 Å². The van der Waals surface area contributed by atoms with Gasteiger partial charge in [-0.15, -0.1) is 11.3 Å². The van der Waals surface area contributed by atoms with Crippen LogP contribution in [-0.2, 0) is 14.8 Å². The minimum absolute atomic E-state index is 0.166. The highest BCUT2D eigenvalue weighted by Crippen LogP contribution is 2.27. The van der Waals surface area contributed by atoms with Gasteiger partial charge < -0.3 is 10.1 Å². The molecule has 0 saturated carbocycles. The first-order chi connectivity index (χ1) is 15.4. The molecule has 1 N–H and O–H groups in total. The third-order valence-corrected chi connectivity index (χ3v) is 7.93. The number of hydrogen-bond donors (Lipinski definition) is 1. The Morgan fingerprint density at radius 1 is 1.06 bits per heavy atom. The first kappa shape index (κ1) is 22.5. The SMILES string of the molecule is O=C(NC(c1ccc(F)cc1)c1cccs1)c1cc(S(=O)(=O)N2CCOCC2)ccc1F. The van der Waals surface area contributed by atoms with Gasteiger partial charge >= 0.3 is 0 Å². The lowest BCUT2D eigenvalue weighted by atomic mass is 10.0. The van der Waals surface area contributed by atoms with Gasteiger partial charge in [0.1, 0.15) is 11.6 Å². The fourth-order valence-corrected chi connectivity index (χ4v) is 5.65. The molecule has 168 valence electrons. The number of sulfonamides is 1. The van der Waals surface area contributed by atoms with E-state index < -0.39 is 33.6 Å². The highest BCUT2D eigenvalue weighted by Gasteiger charge is 2.28. The predicted octanol–water partition coefficient (Wildman–Crippen LogP) is 3.57. The van der Waals surface area contributed by atoms with Gasteiger partial charge in [-0.05, 0) is 47.3 Å². The van der Waals surface area contributed by atoms with Gasteiger partial charge in [0.15, 0.2) is 0 Å². The zero-order valence-corrected chi connectivity index (χ0v) is 18.5. The average Bonchev–Trinajstić information content (AvgIpc) is 3.33. The minimum atomic E-state index is -3.90. The van der Waals surface area contributed by atoms with Crippen LogP contribution in [-0.4, -0.2) is 44.9 Å². The molecule has 1 amide bonds. The maximum Gasteiger partial charge on any atom is 0.255 e. The Bertz CT molecular complexity index is 1190. The first-order valence-electron chi connectivity index (χ1n) is 9.83. The van der Waals surface area contributed by atoms with Gasteiger partial charge in [0.2, 0.25) is 10.0 Å². The van der Waals surface area contributed by atoms with Crippen molar-refractivity contribution in [3.63, 3.8) is 0 Å². The van der Waals surface area contributed by atoms with E-state index >= 15 is 0 Å². The second-order valence-electron chi connectivity index (χ2n) is 7.13. The van der Waals surface area contributed by atoms with E-state index in [2.05, 4.69) is 5.32 Å². The number of carbonyl (C=O) groups excluding carboxylic acids is 1. The molecule has 10 heteroatoms. The lowest BCUT2D eigenvalue weighted by molar-refractivity contribution is 0.0730. The van der Waals surface area contributed by atoms with Crippen molar-refractivity contribution in [3.8, 4) is 0 Å². The molecule has 1 fully saturated rings. The van der Waals surface area contributed by atoms with Gasteiger partial charge in [0, 0.05) is 18.0 Å². The largest absolute Gasteiger partial charge is 0.379 e. The zero-order valence-electron chi connectivity index (χ0n) is 16.8. The number of ether oxygens (including phenoxy) is 1. The van der Waals surface area contributed by atoms with Gasteiger partial charge in [-0.1, -0.05) is 18.2 Å². The molecule has 1 unspecified atom stereocenters. The molecular weight excluding hydrogens is 458 g/mol. The van der Waals surface area contributed by atoms with Crippen molar-refractivity contribution in [2.24, 2.45) is 0 Å². The van der Waals surface area contributed by atoms with Crippen LogP contribution in [0.3, 0.4) is 0 Å². The van der Waals surface area contributed by atoms with Crippen molar-refractivity contribution >= 4 is 27.3 Å². The molecule has 1 saturated heterocycles. The minimum Gasteiger partial charge on any atom is -0.379 e. The number of thiophene rings is 1. The van der Waals surface area contributed by atoms with Gasteiger partial charge in [0.05, 0.1) is 29.7 Å². The molecule has 0 radical (unpaired) electrons. The van der Waals surface area contributed by atoms with E-state index in [1.807, 2.05) is 5.38 Å². The lowest BCUT2D eigenvalue weighted by Gasteiger charge is -2.26. The normalized spacial score (nSPS) is 15.9. The van der Waals surface area contributed by atoms with Gasteiger partial charge in [-0.2, -0.15) is 4.31 Å². The monoisotopic (exact) mass is 478 g/mol. The molecule has 32 heavy (non-hydrogen) atoms. The summed E-state index contributed by atoms with van der Waals surface area (Å²) in [6.45, 7) is 0.917. The molecule has 6 nitrogen and oxygen atoms in total. The summed E-state index contributed by atoms with van der Waals surface area (Å²) >= 11 is 1.38. The second-order valence-corrected chi connectivity index (χ2v) is 10.0. The summed E-state index contributed by atoms with van der Waals surface area (Å²) in [4.78, 5) is 13.6. The molecule has 4 rings (SSSR count). The predicted molar refractivity (Wildman–Crippen MR) is 116 cm³/mol. The van der Waals surface area contributed by atoms with Crippen molar-refractivity contribution in [1.82, 2.24) is 9.62 Å². The van der Waals surface area contributed by atoms with Crippen molar-refractivity contribution in [2.75, 3.05) is 26.3 Å². The fourth-order valence-electron chi connectivity index (χ4n) is 3.41. The summed E-state index contributed by atoms with van der Waals surface area (Å²) in [6, 6.07) is 11.7. The Balaban J connectivity index is 1.64. The maximum absolute atomic E-state index is 14.6. The van der Waals surface area contributed by atoms with E-state index in [4.69, 9.17) is 4.74 Å². The maximum atomic E-state index is 14.6. The summed E-state index contributed by atoms with van der Waals surface area (Å²) in [5.74, 6) is -2.03. The third-order valence-electron chi connectivity index (χ3n) is 5.10. The number of carbonyl (C=O) groups is 1. The number of hydrogen-bond acceptors (Lipinski definition) is 5. The Labute approximate surface area is 188 Å². The second kappa shape index (κ2) is 9.45. The number of rotatable bonds is 6. The van der Waals surface area contributed by atoms with Crippen LogP contribution in [0.2, 0.25) is 0 Å². The molecule has 1 aliphatic heterocycles. The third kappa shape index (κ3) is 4.73. The number of nitrogens with zero attached hydrogens (tertiary/aromatic N) is 1. The number of halogens is 2. The van der Waals surface area contributed by atoms with Gasteiger partial charge in [0.25, 0.3) is 5.91 Å². The Morgan fingerprint density at radius 3 is 2.44 bits per heavy atom. The lowest BCUT2D eigenvalue weighted by Crippen LogP contribution is -2.40. The zero-order chi connectivity index (χ0) is 22.7. The summed E-state index contributed by atoms with van der Waals surface area (Å²) in [7, 11) is -3.90. The van der Waals surface area contributed by atoms with E-state index in [0.29, 0.717) is 5.56 Å².